The molecule has 2 rings (SSSR count). The third kappa shape index (κ3) is 2.43. The minimum atomic E-state index is -0.245. The Morgan fingerprint density at radius 3 is 2.65 bits per heavy atom. The van der Waals surface area contributed by atoms with E-state index in [-0.39, 0.29) is 11.4 Å². The highest BCUT2D eigenvalue weighted by molar-refractivity contribution is 7.10. The highest BCUT2D eigenvalue weighted by atomic mass is 32.1. The fourth-order valence-electron chi connectivity index (χ4n) is 2.38. The van der Waals surface area contributed by atoms with Gasteiger partial charge in [-0.15, -0.1) is 11.3 Å². The van der Waals surface area contributed by atoms with Crippen molar-refractivity contribution in [3.05, 3.63) is 16.1 Å². The fraction of sp³-hybridized carbons (Fsp3) is 0.692. The number of ketones is 1. The molecule has 0 saturated heterocycles. The van der Waals surface area contributed by atoms with Crippen LogP contribution in [0.15, 0.2) is 5.38 Å². The first-order valence-electron chi connectivity index (χ1n) is 6.09. The molecule has 0 N–H and O–H groups in total. The van der Waals surface area contributed by atoms with Crippen LogP contribution in [-0.2, 0) is 10.3 Å². The number of ether oxygens (including phenoxy) is 1. The Labute approximate surface area is 106 Å². The van der Waals surface area contributed by atoms with Crippen LogP contribution in [-0.4, -0.2) is 17.9 Å². The van der Waals surface area contributed by atoms with Gasteiger partial charge in [0.1, 0.15) is 16.3 Å². The lowest BCUT2D eigenvalue weighted by atomic mass is 9.80. The predicted molar refractivity (Wildman–Crippen MR) is 68.4 cm³/mol. The number of aromatic nitrogens is 1. The number of hydrogen-bond acceptors (Lipinski definition) is 4. The minimum Gasteiger partial charge on any atom is -0.371 e. The van der Waals surface area contributed by atoms with Crippen molar-refractivity contribution >= 4 is 17.1 Å². The lowest BCUT2D eigenvalue weighted by Gasteiger charge is -2.36. The van der Waals surface area contributed by atoms with Crippen molar-refractivity contribution in [1.82, 2.24) is 4.98 Å². The number of methoxy groups -OCH3 is 1. The molecule has 0 radical (unpaired) electrons. The molecule has 0 aromatic carbocycles. The SMILES string of the molecule is COC1(c2nc(C(C)=O)cs2)CCC(C)CC1. The molecule has 0 aliphatic heterocycles. The summed E-state index contributed by atoms with van der Waals surface area (Å²) in [6, 6.07) is 0. The maximum absolute atomic E-state index is 11.3. The molecule has 0 atom stereocenters. The molecule has 1 saturated carbocycles. The zero-order valence-electron chi connectivity index (χ0n) is 10.7. The van der Waals surface area contributed by atoms with Crippen molar-refractivity contribution in [2.24, 2.45) is 5.92 Å². The van der Waals surface area contributed by atoms with Crippen LogP contribution < -0.4 is 0 Å². The topological polar surface area (TPSA) is 39.2 Å². The van der Waals surface area contributed by atoms with Gasteiger partial charge in [-0.05, 0) is 31.6 Å². The van der Waals surface area contributed by atoms with E-state index in [1.54, 1.807) is 25.4 Å². The Bertz CT molecular complexity index is 405. The summed E-state index contributed by atoms with van der Waals surface area (Å²) in [5.41, 5.74) is 0.324. The lowest BCUT2D eigenvalue weighted by molar-refractivity contribution is -0.0531. The maximum Gasteiger partial charge on any atom is 0.178 e. The normalized spacial score (nSPS) is 29.2. The van der Waals surface area contributed by atoms with E-state index in [9.17, 15) is 4.79 Å². The molecular formula is C13H19NO2S. The van der Waals surface area contributed by atoms with Crippen molar-refractivity contribution in [3.63, 3.8) is 0 Å². The largest absolute Gasteiger partial charge is 0.371 e. The number of carbonyl (C=O) groups excluding carboxylic acids is 1. The van der Waals surface area contributed by atoms with Gasteiger partial charge in [0.25, 0.3) is 0 Å². The fourth-order valence-corrected chi connectivity index (χ4v) is 3.47. The van der Waals surface area contributed by atoms with Gasteiger partial charge in [0, 0.05) is 19.4 Å². The summed E-state index contributed by atoms with van der Waals surface area (Å²) in [4.78, 5) is 15.7. The maximum atomic E-state index is 11.3. The van der Waals surface area contributed by atoms with E-state index in [4.69, 9.17) is 4.74 Å². The van der Waals surface area contributed by atoms with E-state index in [0.717, 1.165) is 23.8 Å². The number of carbonyl (C=O) groups is 1. The number of nitrogens with zero attached hydrogens (tertiary/aromatic N) is 1. The van der Waals surface area contributed by atoms with Crippen molar-refractivity contribution in [2.75, 3.05) is 7.11 Å². The zero-order valence-corrected chi connectivity index (χ0v) is 11.5. The lowest BCUT2D eigenvalue weighted by Crippen LogP contribution is -2.33. The van der Waals surface area contributed by atoms with Gasteiger partial charge in [-0.3, -0.25) is 4.79 Å². The van der Waals surface area contributed by atoms with Crippen LogP contribution in [0.4, 0.5) is 0 Å². The van der Waals surface area contributed by atoms with Crippen molar-refractivity contribution in [1.29, 1.82) is 0 Å². The monoisotopic (exact) mass is 253 g/mol. The van der Waals surface area contributed by atoms with Crippen LogP contribution in [0.5, 0.6) is 0 Å². The molecule has 0 unspecified atom stereocenters. The molecule has 3 nitrogen and oxygen atoms in total. The first-order valence-corrected chi connectivity index (χ1v) is 6.97. The molecular weight excluding hydrogens is 234 g/mol. The second-order valence-electron chi connectivity index (χ2n) is 4.98. The molecule has 1 fully saturated rings. The van der Waals surface area contributed by atoms with Crippen LogP contribution in [0.25, 0.3) is 0 Å². The Morgan fingerprint density at radius 1 is 1.53 bits per heavy atom. The van der Waals surface area contributed by atoms with Gasteiger partial charge >= 0.3 is 0 Å². The van der Waals surface area contributed by atoms with Gasteiger partial charge in [0.15, 0.2) is 5.78 Å². The van der Waals surface area contributed by atoms with Crippen LogP contribution in [0, 0.1) is 5.92 Å². The molecule has 1 aliphatic carbocycles. The molecule has 0 amide bonds. The Balaban J connectivity index is 2.25. The minimum absolute atomic E-state index is 0.0305. The number of thiazole rings is 1. The first kappa shape index (κ1) is 12.7. The smallest absolute Gasteiger partial charge is 0.178 e. The average Bonchev–Trinajstić information content (AvgIpc) is 2.81. The van der Waals surface area contributed by atoms with Crippen LogP contribution in [0.1, 0.15) is 55.0 Å². The Morgan fingerprint density at radius 2 is 2.18 bits per heavy atom. The van der Waals surface area contributed by atoms with E-state index in [1.807, 2.05) is 5.38 Å². The molecule has 1 heterocycles. The summed E-state index contributed by atoms with van der Waals surface area (Å²) < 4.78 is 5.74. The van der Waals surface area contributed by atoms with Gasteiger partial charge in [0.2, 0.25) is 0 Å². The van der Waals surface area contributed by atoms with Gasteiger partial charge in [-0.25, -0.2) is 4.98 Å². The standard InChI is InChI=1S/C13H19NO2S/c1-9-4-6-13(16-3,7-5-9)12-14-11(8-17-12)10(2)15/h8-9H,4-7H2,1-3H3. The number of rotatable bonds is 3. The van der Waals surface area contributed by atoms with E-state index in [0.29, 0.717) is 5.69 Å². The third-order valence-electron chi connectivity index (χ3n) is 3.73. The summed E-state index contributed by atoms with van der Waals surface area (Å²) in [6.45, 7) is 3.84. The highest BCUT2D eigenvalue weighted by Crippen LogP contribution is 2.43. The first-order chi connectivity index (χ1) is 8.07. The van der Waals surface area contributed by atoms with Gasteiger partial charge in [-0.2, -0.15) is 0 Å². The summed E-state index contributed by atoms with van der Waals surface area (Å²) >= 11 is 1.55. The molecule has 1 aromatic rings. The van der Waals surface area contributed by atoms with Gasteiger partial charge in [-0.1, -0.05) is 6.92 Å². The van der Waals surface area contributed by atoms with E-state index in [1.165, 1.54) is 12.8 Å². The number of hydrogen-bond donors (Lipinski definition) is 0. The Hall–Kier alpha value is -0.740. The molecule has 0 bridgehead atoms. The quantitative estimate of drug-likeness (QED) is 0.775. The molecule has 4 heteroatoms. The summed E-state index contributed by atoms with van der Waals surface area (Å²) in [5, 5.41) is 2.81. The molecule has 1 aromatic heterocycles. The zero-order chi connectivity index (χ0) is 12.5. The second kappa shape index (κ2) is 4.86. The Kier molecular flexibility index (Phi) is 3.64. The summed E-state index contributed by atoms with van der Waals surface area (Å²) in [5.74, 6) is 0.799. The number of Topliss-reactive ketones (excluding diaryl/α,β-unsaturated/α-hetero) is 1. The van der Waals surface area contributed by atoms with E-state index >= 15 is 0 Å². The summed E-state index contributed by atoms with van der Waals surface area (Å²) in [6.07, 6.45) is 4.36. The predicted octanol–water partition coefficient (Wildman–Crippen LogP) is 3.40. The van der Waals surface area contributed by atoms with Crippen LogP contribution in [0.3, 0.4) is 0 Å². The van der Waals surface area contributed by atoms with Crippen molar-refractivity contribution in [2.45, 2.75) is 45.1 Å². The van der Waals surface area contributed by atoms with Gasteiger partial charge in [0.05, 0.1) is 0 Å². The second-order valence-corrected chi connectivity index (χ2v) is 5.83. The third-order valence-corrected chi connectivity index (χ3v) is 4.76. The molecule has 94 valence electrons. The van der Waals surface area contributed by atoms with E-state index in [2.05, 4.69) is 11.9 Å². The highest BCUT2D eigenvalue weighted by Gasteiger charge is 2.38. The molecule has 17 heavy (non-hydrogen) atoms. The van der Waals surface area contributed by atoms with Gasteiger partial charge < -0.3 is 4.74 Å². The summed E-state index contributed by atoms with van der Waals surface area (Å²) in [7, 11) is 1.75. The van der Waals surface area contributed by atoms with Crippen molar-refractivity contribution < 1.29 is 9.53 Å². The van der Waals surface area contributed by atoms with E-state index < -0.39 is 0 Å². The van der Waals surface area contributed by atoms with Crippen LogP contribution >= 0.6 is 11.3 Å². The molecule has 0 spiro atoms. The van der Waals surface area contributed by atoms with Crippen molar-refractivity contribution in [3.8, 4) is 0 Å². The van der Waals surface area contributed by atoms with Crippen LogP contribution in [0.2, 0.25) is 0 Å². The molecule has 1 aliphatic rings. The average molecular weight is 253 g/mol.